The monoisotopic (exact) mass is 155 g/mol. The van der Waals surface area contributed by atoms with Crippen LogP contribution in [0.2, 0.25) is 0 Å². The summed E-state index contributed by atoms with van der Waals surface area (Å²) in [6.45, 7) is 3.17. The van der Waals surface area contributed by atoms with Gasteiger partial charge in [-0.05, 0) is 25.5 Å². The van der Waals surface area contributed by atoms with Crippen LogP contribution in [0, 0.1) is 19.8 Å². The van der Waals surface area contributed by atoms with E-state index < -0.39 is 5.95 Å². The van der Waals surface area contributed by atoms with E-state index in [0.717, 1.165) is 0 Å². The molecule has 1 N–H and O–H groups in total. The first-order chi connectivity index (χ1) is 5.15. The van der Waals surface area contributed by atoms with Crippen LogP contribution in [0.5, 0.6) is 0 Å². The summed E-state index contributed by atoms with van der Waals surface area (Å²) in [7, 11) is 0. The fraction of sp³-hybridized carbons (Fsp3) is 0.375. The Hall–Kier alpha value is -0.960. The predicted octanol–water partition coefficient (Wildman–Crippen LogP) is 1.33. The summed E-state index contributed by atoms with van der Waals surface area (Å²) in [5.74, 6) is -0.492. The Morgan fingerprint density at radius 3 is 2.73 bits per heavy atom. The minimum absolute atomic E-state index is 0.133. The molecule has 0 aromatic carbocycles. The van der Waals surface area contributed by atoms with Gasteiger partial charge in [0.05, 0.1) is 6.61 Å². The van der Waals surface area contributed by atoms with Crippen LogP contribution >= 0.6 is 0 Å². The van der Waals surface area contributed by atoms with Gasteiger partial charge in [0.15, 0.2) is 0 Å². The molecule has 0 saturated carbocycles. The van der Waals surface area contributed by atoms with E-state index in [2.05, 4.69) is 4.98 Å². The lowest BCUT2D eigenvalue weighted by Gasteiger charge is -2.03. The van der Waals surface area contributed by atoms with Crippen molar-refractivity contribution in [2.75, 3.05) is 0 Å². The molecule has 1 aromatic rings. The Kier molecular flexibility index (Phi) is 2.19. The van der Waals surface area contributed by atoms with Crippen LogP contribution in [-0.4, -0.2) is 10.1 Å². The van der Waals surface area contributed by atoms with Crippen molar-refractivity contribution in [1.29, 1.82) is 0 Å². The standard InChI is InChI=1S/C8H10FNO/c1-5-3-7(4-11)6(2)8(9)10-5/h3,11H,4H2,1-2H3. The van der Waals surface area contributed by atoms with Gasteiger partial charge in [-0.25, -0.2) is 4.98 Å². The predicted molar refractivity (Wildman–Crippen MR) is 39.6 cm³/mol. The van der Waals surface area contributed by atoms with Gasteiger partial charge in [0.1, 0.15) is 0 Å². The molecule has 0 atom stereocenters. The van der Waals surface area contributed by atoms with Gasteiger partial charge in [-0.2, -0.15) is 4.39 Å². The van der Waals surface area contributed by atoms with Crippen molar-refractivity contribution in [1.82, 2.24) is 4.98 Å². The third kappa shape index (κ3) is 1.54. The normalized spacial score (nSPS) is 10.2. The molecule has 0 spiro atoms. The van der Waals surface area contributed by atoms with Crippen LogP contribution in [-0.2, 0) is 6.61 Å². The molecule has 0 aliphatic carbocycles. The zero-order valence-electron chi connectivity index (χ0n) is 6.56. The van der Waals surface area contributed by atoms with Crippen LogP contribution < -0.4 is 0 Å². The van der Waals surface area contributed by atoms with Crippen molar-refractivity contribution >= 4 is 0 Å². The molecule has 2 nitrogen and oxygen atoms in total. The fourth-order valence-electron chi connectivity index (χ4n) is 0.928. The summed E-state index contributed by atoms with van der Waals surface area (Å²) in [5, 5.41) is 8.77. The van der Waals surface area contributed by atoms with E-state index in [9.17, 15) is 4.39 Å². The quantitative estimate of drug-likeness (QED) is 0.620. The van der Waals surface area contributed by atoms with Gasteiger partial charge in [0, 0.05) is 11.3 Å². The first kappa shape index (κ1) is 8.14. The van der Waals surface area contributed by atoms with Gasteiger partial charge in [0.25, 0.3) is 0 Å². The molecule has 1 rings (SSSR count). The van der Waals surface area contributed by atoms with Gasteiger partial charge in [0.2, 0.25) is 5.95 Å². The van der Waals surface area contributed by atoms with Crippen LogP contribution in [0.25, 0.3) is 0 Å². The Bertz CT molecular complexity index is 273. The highest BCUT2D eigenvalue weighted by Gasteiger charge is 2.04. The van der Waals surface area contributed by atoms with E-state index in [-0.39, 0.29) is 6.61 Å². The molecule has 1 aromatic heterocycles. The molecule has 0 aliphatic rings. The number of nitrogens with zero attached hydrogens (tertiary/aromatic N) is 1. The SMILES string of the molecule is Cc1cc(CO)c(C)c(F)n1. The second-order valence-electron chi connectivity index (χ2n) is 2.50. The Labute approximate surface area is 64.7 Å². The average Bonchev–Trinajstić information content (AvgIpc) is 1.96. The number of aliphatic hydroxyl groups is 1. The number of halogens is 1. The number of aromatic nitrogens is 1. The third-order valence-electron chi connectivity index (χ3n) is 1.62. The summed E-state index contributed by atoms with van der Waals surface area (Å²) < 4.78 is 12.8. The number of hydrogen-bond acceptors (Lipinski definition) is 2. The maximum Gasteiger partial charge on any atom is 0.216 e. The summed E-state index contributed by atoms with van der Waals surface area (Å²) >= 11 is 0. The molecule has 60 valence electrons. The molecular weight excluding hydrogens is 145 g/mol. The van der Waals surface area contributed by atoms with Crippen molar-refractivity contribution < 1.29 is 9.50 Å². The first-order valence-corrected chi connectivity index (χ1v) is 3.38. The Balaban J connectivity index is 3.24. The van der Waals surface area contributed by atoms with E-state index in [4.69, 9.17) is 5.11 Å². The lowest BCUT2D eigenvalue weighted by atomic mass is 10.1. The second kappa shape index (κ2) is 2.96. The van der Waals surface area contributed by atoms with Crippen molar-refractivity contribution in [2.45, 2.75) is 20.5 Å². The van der Waals surface area contributed by atoms with Crippen molar-refractivity contribution in [3.05, 3.63) is 28.8 Å². The summed E-state index contributed by atoms with van der Waals surface area (Å²) in [6, 6.07) is 1.68. The van der Waals surface area contributed by atoms with Crippen molar-refractivity contribution in [3.63, 3.8) is 0 Å². The van der Waals surface area contributed by atoms with Gasteiger partial charge in [-0.15, -0.1) is 0 Å². The molecule has 11 heavy (non-hydrogen) atoms. The van der Waals surface area contributed by atoms with Crippen molar-refractivity contribution in [2.24, 2.45) is 0 Å². The number of aliphatic hydroxyl groups excluding tert-OH is 1. The fourth-order valence-corrected chi connectivity index (χ4v) is 0.928. The first-order valence-electron chi connectivity index (χ1n) is 3.38. The number of pyridine rings is 1. The topological polar surface area (TPSA) is 33.1 Å². The largest absolute Gasteiger partial charge is 0.392 e. The zero-order valence-corrected chi connectivity index (χ0v) is 6.56. The molecule has 3 heteroatoms. The molecule has 0 fully saturated rings. The van der Waals surface area contributed by atoms with E-state index in [1.54, 1.807) is 19.9 Å². The van der Waals surface area contributed by atoms with Gasteiger partial charge >= 0.3 is 0 Å². The zero-order chi connectivity index (χ0) is 8.43. The average molecular weight is 155 g/mol. The highest BCUT2D eigenvalue weighted by Crippen LogP contribution is 2.11. The van der Waals surface area contributed by atoms with Crippen LogP contribution in [0.1, 0.15) is 16.8 Å². The van der Waals surface area contributed by atoms with E-state index >= 15 is 0 Å². The molecule has 1 heterocycles. The molecule has 0 bridgehead atoms. The molecule has 0 aliphatic heterocycles. The second-order valence-corrected chi connectivity index (χ2v) is 2.50. The molecular formula is C8H10FNO. The highest BCUT2D eigenvalue weighted by atomic mass is 19.1. The lowest BCUT2D eigenvalue weighted by Crippen LogP contribution is -1.97. The maximum atomic E-state index is 12.8. The third-order valence-corrected chi connectivity index (χ3v) is 1.62. The van der Waals surface area contributed by atoms with Gasteiger partial charge in [-0.1, -0.05) is 0 Å². The van der Waals surface area contributed by atoms with E-state index in [1.165, 1.54) is 0 Å². The Morgan fingerprint density at radius 1 is 1.55 bits per heavy atom. The summed E-state index contributed by atoms with van der Waals surface area (Å²) in [4.78, 5) is 3.60. The van der Waals surface area contributed by atoms with E-state index in [1.807, 2.05) is 0 Å². The summed E-state index contributed by atoms with van der Waals surface area (Å²) in [6.07, 6.45) is 0. The molecule has 0 radical (unpaired) electrons. The van der Waals surface area contributed by atoms with Crippen LogP contribution in [0.4, 0.5) is 4.39 Å². The minimum Gasteiger partial charge on any atom is -0.392 e. The van der Waals surface area contributed by atoms with Crippen LogP contribution in [0.15, 0.2) is 6.07 Å². The highest BCUT2D eigenvalue weighted by molar-refractivity contribution is 5.25. The van der Waals surface area contributed by atoms with Crippen LogP contribution in [0.3, 0.4) is 0 Å². The minimum atomic E-state index is -0.492. The molecule has 0 unspecified atom stereocenters. The van der Waals surface area contributed by atoms with E-state index in [0.29, 0.717) is 16.8 Å². The Morgan fingerprint density at radius 2 is 2.18 bits per heavy atom. The smallest absolute Gasteiger partial charge is 0.216 e. The number of rotatable bonds is 1. The maximum absolute atomic E-state index is 12.8. The lowest BCUT2D eigenvalue weighted by molar-refractivity contribution is 0.279. The molecule has 0 amide bonds. The molecule has 0 saturated heterocycles. The number of hydrogen-bond donors (Lipinski definition) is 1. The van der Waals surface area contributed by atoms with Gasteiger partial charge in [-0.3, -0.25) is 0 Å². The number of aryl methyl sites for hydroxylation is 1. The van der Waals surface area contributed by atoms with Gasteiger partial charge < -0.3 is 5.11 Å². The summed E-state index contributed by atoms with van der Waals surface area (Å²) in [5.41, 5.74) is 1.63. The van der Waals surface area contributed by atoms with Crippen molar-refractivity contribution in [3.8, 4) is 0 Å².